The number of hydrogen-bond acceptors (Lipinski definition) is 4. The Balaban J connectivity index is 1.62. The number of thiophene rings is 1. The van der Waals surface area contributed by atoms with Crippen LogP contribution in [0.15, 0.2) is 22.5 Å². The van der Waals surface area contributed by atoms with Crippen molar-refractivity contribution in [2.45, 2.75) is 43.4 Å². The van der Waals surface area contributed by atoms with Gasteiger partial charge in [0.15, 0.2) is 0 Å². The number of nitrogens with zero attached hydrogens (tertiary/aromatic N) is 2. The largest absolute Gasteiger partial charge is 0.268 e. The highest BCUT2D eigenvalue weighted by Crippen LogP contribution is 2.21. The predicted octanol–water partition coefficient (Wildman–Crippen LogP) is 2.11. The van der Waals surface area contributed by atoms with E-state index in [2.05, 4.69) is 9.82 Å². The summed E-state index contributed by atoms with van der Waals surface area (Å²) < 4.78 is 29.2. The van der Waals surface area contributed by atoms with Gasteiger partial charge >= 0.3 is 0 Å². The van der Waals surface area contributed by atoms with Crippen molar-refractivity contribution in [2.24, 2.45) is 0 Å². The summed E-state index contributed by atoms with van der Waals surface area (Å²) in [7, 11) is -3.39. The van der Waals surface area contributed by atoms with Crippen molar-refractivity contribution >= 4 is 21.4 Å². The zero-order valence-corrected chi connectivity index (χ0v) is 13.6. The van der Waals surface area contributed by atoms with E-state index in [-0.39, 0.29) is 0 Å². The number of aromatic nitrogens is 2. The van der Waals surface area contributed by atoms with Crippen LogP contribution in [0.1, 0.15) is 29.0 Å². The lowest BCUT2D eigenvalue weighted by molar-refractivity contribution is 0.539. The van der Waals surface area contributed by atoms with Crippen molar-refractivity contribution in [3.8, 4) is 0 Å². The highest BCUT2D eigenvalue weighted by Gasteiger charge is 2.17. The van der Waals surface area contributed by atoms with E-state index in [0.29, 0.717) is 17.3 Å². The maximum atomic E-state index is 12.1. The molecule has 2 heterocycles. The molecular weight excluding hydrogens is 306 g/mol. The Kier molecular flexibility index (Phi) is 4.14. The Morgan fingerprint density at radius 3 is 2.90 bits per heavy atom. The summed E-state index contributed by atoms with van der Waals surface area (Å²) in [4.78, 5) is 0.997. The molecule has 0 saturated heterocycles. The Bertz CT molecular complexity index is 731. The molecule has 0 amide bonds. The molecule has 1 aliphatic rings. The maximum absolute atomic E-state index is 12.1. The fourth-order valence-electron chi connectivity index (χ4n) is 2.66. The minimum Gasteiger partial charge on any atom is -0.268 e. The van der Waals surface area contributed by atoms with E-state index in [1.165, 1.54) is 35.4 Å². The van der Waals surface area contributed by atoms with Crippen molar-refractivity contribution in [1.82, 2.24) is 14.5 Å². The Morgan fingerprint density at radius 1 is 1.33 bits per heavy atom. The van der Waals surface area contributed by atoms with E-state index in [9.17, 15) is 8.42 Å². The van der Waals surface area contributed by atoms with Gasteiger partial charge in [-0.1, -0.05) is 0 Å². The molecule has 1 aliphatic carbocycles. The number of aryl methyl sites for hydroxylation is 2. The molecule has 5 nitrogen and oxygen atoms in total. The molecule has 2 aromatic heterocycles. The summed E-state index contributed by atoms with van der Waals surface area (Å²) in [6.07, 6.45) is 6.48. The van der Waals surface area contributed by atoms with E-state index in [1.54, 1.807) is 6.07 Å². The third-order valence-electron chi connectivity index (χ3n) is 3.74. The monoisotopic (exact) mass is 325 g/mol. The molecule has 7 heteroatoms. The van der Waals surface area contributed by atoms with Crippen LogP contribution >= 0.6 is 11.3 Å². The van der Waals surface area contributed by atoms with Crippen molar-refractivity contribution in [1.29, 1.82) is 0 Å². The molecule has 0 bridgehead atoms. The van der Waals surface area contributed by atoms with E-state index in [0.717, 1.165) is 17.7 Å². The van der Waals surface area contributed by atoms with Gasteiger partial charge in [-0.2, -0.15) is 5.10 Å². The summed E-state index contributed by atoms with van der Waals surface area (Å²) in [5.74, 6) is 0. The summed E-state index contributed by atoms with van der Waals surface area (Å²) in [5, 5.41) is 4.38. The van der Waals surface area contributed by atoms with Gasteiger partial charge in [0.2, 0.25) is 10.0 Å². The topological polar surface area (TPSA) is 64.0 Å². The SMILES string of the molecule is Cc1ccc(S(=O)(=O)NCCn2ncc3c2CCCC3)s1. The second-order valence-electron chi connectivity index (χ2n) is 5.31. The average molecular weight is 325 g/mol. The molecular formula is C14H19N3O2S2. The highest BCUT2D eigenvalue weighted by atomic mass is 32.2. The Labute approximate surface area is 129 Å². The number of fused-ring (bicyclic) bond motifs is 1. The minimum absolute atomic E-state index is 0.368. The minimum atomic E-state index is -3.39. The number of hydrogen-bond donors (Lipinski definition) is 1. The number of rotatable bonds is 5. The standard InChI is InChI=1S/C14H19N3O2S2/c1-11-6-7-14(20-11)21(18,19)16-8-9-17-13-5-3-2-4-12(13)10-15-17/h6-7,10,16H,2-5,8-9H2,1H3. The highest BCUT2D eigenvalue weighted by molar-refractivity contribution is 7.91. The third kappa shape index (κ3) is 3.20. The van der Waals surface area contributed by atoms with Crippen molar-refractivity contribution in [3.05, 3.63) is 34.5 Å². The van der Waals surface area contributed by atoms with Crippen LogP contribution in [0, 0.1) is 6.92 Å². The van der Waals surface area contributed by atoms with E-state index >= 15 is 0 Å². The van der Waals surface area contributed by atoms with Crippen LogP contribution in [0.2, 0.25) is 0 Å². The first-order chi connectivity index (χ1) is 10.1. The first-order valence-electron chi connectivity index (χ1n) is 7.16. The molecule has 0 fully saturated rings. The lowest BCUT2D eigenvalue weighted by Gasteiger charge is -2.14. The molecule has 0 aromatic carbocycles. The van der Waals surface area contributed by atoms with Crippen LogP contribution in [0.3, 0.4) is 0 Å². The molecule has 0 unspecified atom stereocenters. The van der Waals surface area contributed by atoms with Crippen molar-refractivity contribution in [3.63, 3.8) is 0 Å². The lowest BCUT2D eigenvalue weighted by atomic mass is 9.98. The molecule has 1 N–H and O–H groups in total. The van der Waals surface area contributed by atoms with Crippen LogP contribution in [0.5, 0.6) is 0 Å². The fourth-order valence-corrected chi connectivity index (χ4v) is 5.01. The van der Waals surface area contributed by atoms with Crippen LogP contribution < -0.4 is 4.72 Å². The van der Waals surface area contributed by atoms with Crippen molar-refractivity contribution in [2.75, 3.05) is 6.54 Å². The normalized spacial score (nSPS) is 15.1. The zero-order chi connectivity index (χ0) is 14.9. The maximum Gasteiger partial charge on any atom is 0.250 e. The summed E-state index contributed by atoms with van der Waals surface area (Å²) in [6, 6.07) is 3.47. The molecule has 2 aromatic rings. The van der Waals surface area contributed by atoms with Crippen LogP contribution in [-0.2, 0) is 29.4 Å². The van der Waals surface area contributed by atoms with Gasteiger partial charge in [0.25, 0.3) is 0 Å². The van der Waals surface area contributed by atoms with Gasteiger partial charge in [-0.15, -0.1) is 11.3 Å². The predicted molar refractivity (Wildman–Crippen MR) is 83.1 cm³/mol. The lowest BCUT2D eigenvalue weighted by Crippen LogP contribution is -2.27. The van der Waals surface area contributed by atoms with Gasteiger partial charge in [0.1, 0.15) is 4.21 Å². The van der Waals surface area contributed by atoms with E-state index in [4.69, 9.17) is 0 Å². The average Bonchev–Trinajstić information content (AvgIpc) is 3.06. The first kappa shape index (κ1) is 14.7. The van der Waals surface area contributed by atoms with E-state index in [1.807, 2.05) is 23.9 Å². The third-order valence-corrected chi connectivity index (χ3v) is 6.69. The van der Waals surface area contributed by atoms with Gasteiger partial charge in [-0.05, 0) is 50.3 Å². The smallest absolute Gasteiger partial charge is 0.250 e. The second-order valence-corrected chi connectivity index (χ2v) is 8.59. The van der Waals surface area contributed by atoms with Gasteiger partial charge in [0, 0.05) is 17.1 Å². The first-order valence-corrected chi connectivity index (χ1v) is 9.46. The number of nitrogens with one attached hydrogen (secondary N) is 1. The Hall–Kier alpha value is -1.18. The Morgan fingerprint density at radius 2 is 2.14 bits per heavy atom. The van der Waals surface area contributed by atoms with Gasteiger partial charge < -0.3 is 0 Å². The zero-order valence-electron chi connectivity index (χ0n) is 12.0. The van der Waals surface area contributed by atoms with Crippen molar-refractivity contribution < 1.29 is 8.42 Å². The molecule has 0 radical (unpaired) electrons. The van der Waals surface area contributed by atoms with Gasteiger partial charge in [0.05, 0.1) is 12.7 Å². The molecule has 114 valence electrons. The van der Waals surface area contributed by atoms with Crippen LogP contribution in [0.4, 0.5) is 0 Å². The summed E-state index contributed by atoms with van der Waals surface area (Å²) >= 11 is 1.29. The van der Waals surface area contributed by atoms with Gasteiger partial charge in [-0.25, -0.2) is 13.1 Å². The molecule has 0 saturated carbocycles. The van der Waals surface area contributed by atoms with Crippen LogP contribution in [0.25, 0.3) is 0 Å². The summed E-state index contributed by atoms with van der Waals surface area (Å²) in [6.45, 7) is 2.85. The van der Waals surface area contributed by atoms with Gasteiger partial charge in [-0.3, -0.25) is 4.68 Å². The molecule has 0 aliphatic heterocycles. The van der Waals surface area contributed by atoms with Crippen LogP contribution in [-0.4, -0.2) is 24.7 Å². The number of sulfonamides is 1. The molecule has 0 spiro atoms. The second kappa shape index (κ2) is 5.90. The fraction of sp³-hybridized carbons (Fsp3) is 0.500. The molecule has 0 atom stereocenters. The molecule has 21 heavy (non-hydrogen) atoms. The summed E-state index contributed by atoms with van der Waals surface area (Å²) in [5.41, 5.74) is 2.59. The van der Waals surface area contributed by atoms with E-state index < -0.39 is 10.0 Å². The quantitative estimate of drug-likeness (QED) is 0.916. The molecule has 3 rings (SSSR count).